The van der Waals surface area contributed by atoms with Crippen LogP contribution in [0.5, 0.6) is 0 Å². The highest BCUT2D eigenvalue weighted by Crippen LogP contribution is 2.19. The molecule has 2 atom stereocenters. The summed E-state index contributed by atoms with van der Waals surface area (Å²) in [6.45, 7) is 0.0898. The van der Waals surface area contributed by atoms with Gasteiger partial charge in [-0.1, -0.05) is 0 Å². The summed E-state index contributed by atoms with van der Waals surface area (Å²) in [5.41, 5.74) is -0.275. The van der Waals surface area contributed by atoms with Crippen LogP contribution in [-0.2, 0) is 9.53 Å². The molecule has 0 spiro atoms. The summed E-state index contributed by atoms with van der Waals surface area (Å²) in [5.74, 6) is -2.46. The zero-order valence-corrected chi connectivity index (χ0v) is 10.9. The van der Waals surface area contributed by atoms with Crippen LogP contribution in [0, 0.1) is 11.6 Å². The van der Waals surface area contributed by atoms with E-state index in [1.807, 2.05) is 0 Å². The van der Waals surface area contributed by atoms with Crippen LogP contribution in [0.1, 0.15) is 12.8 Å². The lowest BCUT2D eigenvalue weighted by atomic mass is 10.2. The van der Waals surface area contributed by atoms with Crippen molar-refractivity contribution in [3.05, 3.63) is 29.8 Å². The van der Waals surface area contributed by atoms with Crippen molar-refractivity contribution < 1.29 is 28.2 Å². The van der Waals surface area contributed by atoms with Crippen LogP contribution in [0.25, 0.3) is 0 Å². The van der Waals surface area contributed by atoms with Crippen LogP contribution in [0.15, 0.2) is 18.2 Å². The van der Waals surface area contributed by atoms with E-state index < -0.39 is 35.8 Å². The third-order valence-electron chi connectivity index (χ3n) is 3.05. The number of halogens is 2. The summed E-state index contributed by atoms with van der Waals surface area (Å²) in [7, 11) is 0. The third kappa shape index (κ3) is 4.12. The number of rotatable bonds is 4. The summed E-state index contributed by atoms with van der Waals surface area (Å²) in [6.07, 6.45) is -0.386. The van der Waals surface area contributed by atoms with Crippen molar-refractivity contribution >= 4 is 17.7 Å². The molecule has 2 rings (SSSR count). The number of urea groups is 1. The molecule has 2 unspecified atom stereocenters. The average molecular weight is 300 g/mol. The summed E-state index contributed by atoms with van der Waals surface area (Å²) in [5, 5.41) is 13.4. The maximum atomic E-state index is 13.3. The number of anilines is 1. The van der Waals surface area contributed by atoms with E-state index in [4.69, 9.17) is 9.84 Å². The van der Waals surface area contributed by atoms with E-state index >= 15 is 0 Å². The quantitative estimate of drug-likeness (QED) is 0.790. The molecule has 1 aliphatic rings. The topological polar surface area (TPSA) is 87.7 Å². The van der Waals surface area contributed by atoms with Crippen molar-refractivity contribution in [3.63, 3.8) is 0 Å². The Morgan fingerprint density at radius 1 is 1.33 bits per heavy atom. The maximum Gasteiger partial charge on any atom is 0.332 e. The predicted octanol–water partition coefficient (Wildman–Crippen LogP) is 1.72. The molecule has 0 radical (unpaired) electrons. The second kappa shape index (κ2) is 6.49. The van der Waals surface area contributed by atoms with Gasteiger partial charge in [-0.25, -0.2) is 18.4 Å². The van der Waals surface area contributed by atoms with E-state index in [0.717, 1.165) is 18.2 Å². The van der Waals surface area contributed by atoms with E-state index in [-0.39, 0.29) is 12.2 Å². The van der Waals surface area contributed by atoms with Gasteiger partial charge in [-0.15, -0.1) is 0 Å². The zero-order chi connectivity index (χ0) is 15.4. The van der Waals surface area contributed by atoms with Crippen LogP contribution in [0.2, 0.25) is 0 Å². The number of hydrogen-bond donors (Lipinski definition) is 3. The van der Waals surface area contributed by atoms with Gasteiger partial charge in [0, 0.05) is 12.6 Å². The summed E-state index contributed by atoms with van der Waals surface area (Å²) >= 11 is 0. The van der Waals surface area contributed by atoms with Crippen molar-refractivity contribution in [1.29, 1.82) is 0 Å². The highest BCUT2D eigenvalue weighted by Gasteiger charge is 2.30. The minimum Gasteiger partial charge on any atom is -0.479 e. The number of ether oxygens (including phenoxy) is 1. The smallest absolute Gasteiger partial charge is 0.332 e. The largest absolute Gasteiger partial charge is 0.479 e. The number of carboxylic acid groups (broad SMARTS) is 1. The Morgan fingerprint density at radius 3 is 2.76 bits per heavy atom. The standard InChI is InChI=1S/C13H14F2N2O4/c14-7-1-3-9(15)10(5-7)17-13(20)16-6-8-2-4-11(21-8)12(18)19/h1,3,5,8,11H,2,4,6H2,(H,18,19)(H2,16,17,20). The van der Waals surface area contributed by atoms with E-state index in [1.165, 1.54) is 0 Å². The monoisotopic (exact) mass is 300 g/mol. The van der Waals surface area contributed by atoms with Gasteiger partial charge in [0.25, 0.3) is 0 Å². The molecular weight excluding hydrogens is 286 g/mol. The molecule has 0 aliphatic carbocycles. The molecular formula is C13H14F2N2O4. The lowest BCUT2D eigenvalue weighted by Gasteiger charge is -2.13. The lowest BCUT2D eigenvalue weighted by Crippen LogP contribution is -2.36. The van der Waals surface area contributed by atoms with Crippen LogP contribution >= 0.6 is 0 Å². The molecule has 3 N–H and O–H groups in total. The fourth-order valence-electron chi connectivity index (χ4n) is 2.00. The van der Waals surface area contributed by atoms with Gasteiger partial charge in [0.15, 0.2) is 6.10 Å². The van der Waals surface area contributed by atoms with Crippen molar-refractivity contribution in [3.8, 4) is 0 Å². The number of hydrogen-bond acceptors (Lipinski definition) is 3. The molecule has 2 amide bonds. The van der Waals surface area contributed by atoms with Crippen LogP contribution in [0.3, 0.4) is 0 Å². The van der Waals surface area contributed by atoms with Gasteiger partial charge in [-0.05, 0) is 25.0 Å². The minimum atomic E-state index is -1.04. The molecule has 1 saturated heterocycles. The highest BCUT2D eigenvalue weighted by molar-refractivity contribution is 5.89. The molecule has 8 heteroatoms. The van der Waals surface area contributed by atoms with Crippen molar-refractivity contribution in [2.24, 2.45) is 0 Å². The second-order valence-corrected chi connectivity index (χ2v) is 4.62. The van der Waals surface area contributed by atoms with Crippen molar-refractivity contribution in [1.82, 2.24) is 5.32 Å². The minimum absolute atomic E-state index is 0.0898. The number of amides is 2. The fourth-order valence-corrected chi connectivity index (χ4v) is 2.00. The summed E-state index contributed by atoms with van der Waals surface area (Å²) in [4.78, 5) is 22.3. The summed E-state index contributed by atoms with van der Waals surface area (Å²) < 4.78 is 31.4. The molecule has 1 fully saturated rings. The third-order valence-corrected chi connectivity index (χ3v) is 3.05. The Kier molecular flexibility index (Phi) is 4.69. The van der Waals surface area contributed by atoms with E-state index in [9.17, 15) is 18.4 Å². The van der Waals surface area contributed by atoms with Crippen LogP contribution < -0.4 is 10.6 Å². The molecule has 0 saturated carbocycles. The van der Waals surface area contributed by atoms with Gasteiger partial charge in [0.2, 0.25) is 0 Å². The number of carbonyl (C=O) groups is 2. The molecule has 0 bridgehead atoms. The number of nitrogens with one attached hydrogen (secondary N) is 2. The Labute approximate surface area is 119 Å². The lowest BCUT2D eigenvalue weighted by molar-refractivity contribution is -0.149. The average Bonchev–Trinajstić information content (AvgIpc) is 2.90. The van der Waals surface area contributed by atoms with Gasteiger partial charge >= 0.3 is 12.0 Å². The SMILES string of the molecule is O=C(NCC1CCC(C(=O)O)O1)Nc1cc(F)ccc1F. The first-order valence-electron chi connectivity index (χ1n) is 6.34. The second-order valence-electron chi connectivity index (χ2n) is 4.62. The molecule has 21 heavy (non-hydrogen) atoms. The van der Waals surface area contributed by atoms with Gasteiger partial charge in [-0.2, -0.15) is 0 Å². The molecule has 114 valence electrons. The molecule has 6 nitrogen and oxygen atoms in total. The molecule has 1 aromatic carbocycles. The normalized spacial score (nSPS) is 21.0. The van der Waals surface area contributed by atoms with E-state index in [2.05, 4.69) is 10.6 Å². The molecule has 0 aromatic heterocycles. The van der Waals surface area contributed by atoms with E-state index in [1.54, 1.807) is 0 Å². The van der Waals surface area contributed by atoms with Crippen LogP contribution in [-0.4, -0.2) is 35.9 Å². The molecule has 1 aliphatic heterocycles. The Balaban J connectivity index is 1.80. The maximum absolute atomic E-state index is 13.3. The van der Waals surface area contributed by atoms with Gasteiger partial charge in [0.05, 0.1) is 11.8 Å². The Bertz CT molecular complexity index is 553. The highest BCUT2D eigenvalue weighted by atomic mass is 19.1. The zero-order valence-electron chi connectivity index (χ0n) is 10.9. The number of aliphatic carboxylic acids is 1. The number of benzene rings is 1. The summed E-state index contributed by atoms with van der Waals surface area (Å²) in [6, 6.07) is 1.99. The Morgan fingerprint density at radius 2 is 2.10 bits per heavy atom. The van der Waals surface area contributed by atoms with Gasteiger partial charge in [0.1, 0.15) is 11.6 Å². The first-order chi connectivity index (χ1) is 9.95. The fraction of sp³-hybridized carbons (Fsp3) is 0.385. The predicted molar refractivity (Wildman–Crippen MR) is 68.9 cm³/mol. The van der Waals surface area contributed by atoms with Crippen molar-refractivity contribution in [2.75, 3.05) is 11.9 Å². The van der Waals surface area contributed by atoms with Gasteiger partial charge in [-0.3, -0.25) is 0 Å². The first kappa shape index (κ1) is 15.2. The van der Waals surface area contributed by atoms with Crippen molar-refractivity contribution in [2.45, 2.75) is 25.0 Å². The Hall–Kier alpha value is -2.22. The number of carboxylic acids is 1. The van der Waals surface area contributed by atoms with Gasteiger partial charge < -0.3 is 20.5 Å². The van der Waals surface area contributed by atoms with E-state index in [0.29, 0.717) is 12.8 Å². The first-order valence-corrected chi connectivity index (χ1v) is 6.34. The number of carbonyl (C=O) groups excluding carboxylic acids is 1. The van der Waals surface area contributed by atoms with Crippen LogP contribution in [0.4, 0.5) is 19.3 Å². The molecule has 1 heterocycles. The molecule has 1 aromatic rings.